The Hall–Kier alpha value is -0.570. The van der Waals surface area contributed by atoms with E-state index in [1.54, 1.807) is 0 Å². The highest BCUT2D eigenvalue weighted by Crippen LogP contribution is 2.09. The predicted molar refractivity (Wildman–Crippen MR) is 40.9 cm³/mol. The number of hydroxylamine groups is 1. The summed E-state index contributed by atoms with van der Waals surface area (Å²) in [6, 6.07) is 0.297. The van der Waals surface area contributed by atoms with E-state index in [1.165, 1.54) is 0 Å². The summed E-state index contributed by atoms with van der Waals surface area (Å²) in [5.74, 6) is 0.872. The molecule has 1 heterocycles. The predicted octanol–water partition coefficient (Wildman–Crippen LogP) is 1.11. The molecule has 1 aliphatic rings. The first-order valence-electron chi connectivity index (χ1n) is 3.70. The standard InChI is InChI=1S/C7H14N2O/c1-4-7-5(2)8-6(3)9-10-7/h5,7H,4H2,1-3H3,(H,8,9). The number of hydrogen-bond acceptors (Lipinski definition) is 3. The minimum Gasteiger partial charge on any atom is -0.269 e. The van der Waals surface area contributed by atoms with Crippen molar-refractivity contribution < 1.29 is 4.84 Å². The molecule has 2 unspecified atom stereocenters. The van der Waals surface area contributed by atoms with E-state index in [1.807, 2.05) is 6.92 Å². The highest BCUT2D eigenvalue weighted by atomic mass is 16.7. The average Bonchev–Trinajstić information content (AvgIpc) is 1.88. The first-order valence-corrected chi connectivity index (χ1v) is 3.70. The van der Waals surface area contributed by atoms with Gasteiger partial charge in [-0.1, -0.05) is 6.92 Å². The molecule has 0 saturated heterocycles. The molecule has 0 amide bonds. The van der Waals surface area contributed by atoms with Crippen LogP contribution < -0.4 is 5.48 Å². The van der Waals surface area contributed by atoms with Crippen molar-refractivity contribution in [1.82, 2.24) is 5.48 Å². The molecule has 0 aromatic rings. The molecular weight excluding hydrogens is 128 g/mol. The van der Waals surface area contributed by atoms with Crippen molar-refractivity contribution in [1.29, 1.82) is 0 Å². The zero-order chi connectivity index (χ0) is 7.56. The van der Waals surface area contributed by atoms with Gasteiger partial charge >= 0.3 is 0 Å². The van der Waals surface area contributed by atoms with E-state index in [0.717, 1.165) is 12.3 Å². The second kappa shape index (κ2) is 3.01. The number of aliphatic imine (C=N–C) groups is 1. The van der Waals surface area contributed by atoms with Crippen LogP contribution in [0, 0.1) is 0 Å². The van der Waals surface area contributed by atoms with Crippen LogP contribution in [0.4, 0.5) is 0 Å². The van der Waals surface area contributed by atoms with Crippen LogP contribution in [0.15, 0.2) is 4.99 Å². The third kappa shape index (κ3) is 1.48. The Balaban J connectivity index is 2.55. The SMILES string of the molecule is CCC1ONC(C)=NC1C. The van der Waals surface area contributed by atoms with Gasteiger partial charge in [0.05, 0.1) is 6.04 Å². The van der Waals surface area contributed by atoms with Crippen LogP contribution >= 0.6 is 0 Å². The van der Waals surface area contributed by atoms with Gasteiger partial charge in [0, 0.05) is 0 Å². The van der Waals surface area contributed by atoms with Crippen molar-refractivity contribution in [3.05, 3.63) is 0 Å². The maximum absolute atomic E-state index is 5.27. The zero-order valence-electron chi connectivity index (χ0n) is 6.72. The number of rotatable bonds is 1. The topological polar surface area (TPSA) is 33.6 Å². The first kappa shape index (κ1) is 7.54. The van der Waals surface area contributed by atoms with Gasteiger partial charge in [-0.05, 0) is 20.3 Å². The summed E-state index contributed by atoms with van der Waals surface area (Å²) in [6.45, 7) is 6.07. The van der Waals surface area contributed by atoms with Crippen LogP contribution in [0.5, 0.6) is 0 Å². The van der Waals surface area contributed by atoms with Crippen LogP contribution in [-0.2, 0) is 4.84 Å². The molecule has 0 aliphatic carbocycles. The van der Waals surface area contributed by atoms with Crippen LogP contribution in [0.1, 0.15) is 27.2 Å². The Bertz CT molecular complexity index is 145. The molecule has 10 heavy (non-hydrogen) atoms. The molecule has 0 aromatic heterocycles. The molecule has 1 N–H and O–H groups in total. The fourth-order valence-corrected chi connectivity index (χ4v) is 1.10. The third-order valence-electron chi connectivity index (χ3n) is 1.70. The van der Waals surface area contributed by atoms with Gasteiger partial charge < -0.3 is 0 Å². The molecule has 0 bridgehead atoms. The summed E-state index contributed by atoms with van der Waals surface area (Å²) < 4.78 is 0. The van der Waals surface area contributed by atoms with Gasteiger partial charge in [0.1, 0.15) is 11.9 Å². The molecule has 3 heteroatoms. The summed E-state index contributed by atoms with van der Waals surface area (Å²) >= 11 is 0. The molecule has 0 aromatic carbocycles. The quantitative estimate of drug-likeness (QED) is 0.595. The van der Waals surface area contributed by atoms with E-state index in [2.05, 4.69) is 24.3 Å². The fourth-order valence-electron chi connectivity index (χ4n) is 1.10. The summed E-state index contributed by atoms with van der Waals surface area (Å²) in [6.07, 6.45) is 1.24. The smallest absolute Gasteiger partial charge is 0.118 e. The number of nitrogens with one attached hydrogen (secondary N) is 1. The molecule has 1 aliphatic heterocycles. The monoisotopic (exact) mass is 142 g/mol. The number of hydrogen-bond donors (Lipinski definition) is 1. The summed E-state index contributed by atoms with van der Waals surface area (Å²) in [5, 5.41) is 0. The Kier molecular flexibility index (Phi) is 2.27. The molecule has 0 fully saturated rings. The normalized spacial score (nSPS) is 32.9. The van der Waals surface area contributed by atoms with E-state index in [9.17, 15) is 0 Å². The molecule has 1 rings (SSSR count). The molecule has 2 atom stereocenters. The second-order valence-electron chi connectivity index (χ2n) is 2.62. The van der Waals surface area contributed by atoms with Crippen molar-refractivity contribution in [2.24, 2.45) is 4.99 Å². The molecular formula is C7H14N2O. The van der Waals surface area contributed by atoms with Gasteiger partial charge in [-0.25, -0.2) is 0 Å². The van der Waals surface area contributed by atoms with Gasteiger partial charge in [-0.15, -0.1) is 0 Å². The van der Waals surface area contributed by atoms with Gasteiger partial charge in [0.15, 0.2) is 0 Å². The van der Waals surface area contributed by atoms with E-state index in [0.29, 0.717) is 6.04 Å². The van der Waals surface area contributed by atoms with Gasteiger partial charge in [0.25, 0.3) is 0 Å². The number of nitrogens with zero attached hydrogens (tertiary/aromatic N) is 1. The maximum atomic E-state index is 5.27. The summed E-state index contributed by atoms with van der Waals surface area (Å²) in [7, 11) is 0. The van der Waals surface area contributed by atoms with E-state index < -0.39 is 0 Å². The molecule has 3 nitrogen and oxygen atoms in total. The molecule has 0 spiro atoms. The third-order valence-corrected chi connectivity index (χ3v) is 1.70. The van der Waals surface area contributed by atoms with E-state index in [-0.39, 0.29) is 6.10 Å². The largest absolute Gasteiger partial charge is 0.269 e. The van der Waals surface area contributed by atoms with Gasteiger partial charge in [-0.3, -0.25) is 15.3 Å². The van der Waals surface area contributed by atoms with Crippen molar-refractivity contribution in [2.45, 2.75) is 39.3 Å². The van der Waals surface area contributed by atoms with E-state index >= 15 is 0 Å². The second-order valence-corrected chi connectivity index (χ2v) is 2.62. The van der Waals surface area contributed by atoms with Crippen LogP contribution in [0.3, 0.4) is 0 Å². The van der Waals surface area contributed by atoms with E-state index in [4.69, 9.17) is 4.84 Å². The van der Waals surface area contributed by atoms with Crippen LogP contribution in [0.25, 0.3) is 0 Å². The average molecular weight is 142 g/mol. The highest BCUT2D eigenvalue weighted by Gasteiger charge is 2.19. The maximum Gasteiger partial charge on any atom is 0.118 e. The summed E-state index contributed by atoms with van der Waals surface area (Å²) in [4.78, 5) is 9.59. The molecule has 0 radical (unpaired) electrons. The highest BCUT2D eigenvalue weighted by molar-refractivity contribution is 5.79. The van der Waals surface area contributed by atoms with Gasteiger partial charge in [-0.2, -0.15) is 0 Å². The van der Waals surface area contributed by atoms with Crippen molar-refractivity contribution in [3.8, 4) is 0 Å². The zero-order valence-corrected chi connectivity index (χ0v) is 6.72. The lowest BCUT2D eigenvalue weighted by Crippen LogP contribution is -2.39. The Morgan fingerprint density at radius 2 is 2.40 bits per heavy atom. The Morgan fingerprint density at radius 1 is 1.70 bits per heavy atom. The summed E-state index contributed by atoms with van der Waals surface area (Å²) in [5.41, 5.74) is 2.76. The van der Waals surface area contributed by atoms with Gasteiger partial charge in [0.2, 0.25) is 0 Å². The minimum absolute atomic E-state index is 0.240. The Labute approximate surface area is 61.4 Å². The van der Waals surface area contributed by atoms with Crippen LogP contribution in [-0.4, -0.2) is 18.0 Å². The first-order chi connectivity index (χ1) is 4.74. The lowest BCUT2D eigenvalue weighted by atomic mass is 10.1. The molecule has 0 saturated carbocycles. The minimum atomic E-state index is 0.240. The van der Waals surface area contributed by atoms with Crippen molar-refractivity contribution >= 4 is 5.84 Å². The lowest BCUT2D eigenvalue weighted by molar-refractivity contribution is -0.0146. The fraction of sp³-hybridized carbons (Fsp3) is 0.857. The van der Waals surface area contributed by atoms with Crippen molar-refractivity contribution in [2.75, 3.05) is 0 Å². The number of amidine groups is 1. The Morgan fingerprint density at radius 3 is 2.90 bits per heavy atom. The molecule has 58 valence electrons. The van der Waals surface area contributed by atoms with Crippen LogP contribution in [0.2, 0.25) is 0 Å². The lowest BCUT2D eigenvalue weighted by Gasteiger charge is -2.25. The van der Waals surface area contributed by atoms with Crippen molar-refractivity contribution in [3.63, 3.8) is 0 Å².